The van der Waals surface area contributed by atoms with Crippen LogP contribution in [-0.4, -0.2) is 26.4 Å². The molecule has 0 unspecified atom stereocenters. The largest absolute Gasteiger partial charge is 0.497 e. The fourth-order valence-electron chi connectivity index (χ4n) is 2.37. The van der Waals surface area contributed by atoms with E-state index in [0.29, 0.717) is 10.6 Å². The van der Waals surface area contributed by atoms with Crippen molar-refractivity contribution in [1.82, 2.24) is 5.32 Å². The number of rotatable bonds is 9. The van der Waals surface area contributed by atoms with Crippen LogP contribution in [0.5, 0.6) is 5.75 Å². The summed E-state index contributed by atoms with van der Waals surface area (Å²) in [5, 5.41) is 14.6. The predicted octanol–water partition coefficient (Wildman–Crippen LogP) is 3.50. The van der Waals surface area contributed by atoms with E-state index in [1.165, 1.54) is 18.0 Å². The first kappa shape index (κ1) is 18.8. The standard InChI is InChI=1S/C19H23ClN4O/c1-25-17-4-2-3-14(9-17)13-23-7-8-24-19-6-5-15(10-18(19)20)16(11-21)12-22/h2-6,9-12,21,23-24H,7-8,13,22H2,1H3/b16-12+,21-11?. The van der Waals surface area contributed by atoms with Gasteiger partial charge in [-0.05, 0) is 35.4 Å². The highest BCUT2D eigenvalue weighted by molar-refractivity contribution is 6.33. The first-order valence-corrected chi connectivity index (χ1v) is 8.35. The summed E-state index contributed by atoms with van der Waals surface area (Å²) in [7, 11) is 1.67. The van der Waals surface area contributed by atoms with Gasteiger partial charge in [0.25, 0.3) is 0 Å². The number of anilines is 1. The average molecular weight is 359 g/mol. The lowest BCUT2D eigenvalue weighted by Gasteiger charge is -2.11. The summed E-state index contributed by atoms with van der Waals surface area (Å²) >= 11 is 6.29. The summed E-state index contributed by atoms with van der Waals surface area (Å²) in [6.07, 6.45) is 2.61. The van der Waals surface area contributed by atoms with Crippen LogP contribution >= 0.6 is 11.6 Å². The molecule has 0 aliphatic carbocycles. The number of hydrogen-bond donors (Lipinski definition) is 4. The highest BCUT2D eigenvalue weighted by atomic mass is 35.5. The molecule has 0 saturated carbocycles. The molecule has 0 atom stereocenters. The van der Waals surface area contributed by atoms with E-state index in [0.717, 1.165) is 36.6 Å². The molecule has 6 heteroatoms. The summed E-state index contributed by atoms with van der Waals surface area (Å²) < 4.78 is 5.22. The number of benzene rings is 2. The van der Waals surface area contributed by atoms with Gasteiger partial charge < -0.3 is 26.5 Å². The van der Waals surface area contributed by atoms with Gasteiger partial charge in [-0.1, -0.05) is 29.8 Å². The molecule has 0 spiro atoms. The number of ether oxygens (including phenoxy) is 1. The molecule has 0 aliphatic rings. The minimum absolute atomic E-state index is 0.603. The molecule has 0 aliphatic heterocycles. The second-order valence-corrected chi connectivity index (χ2v) is 5.82. The Kier molecular flexibility index (Phi) is 7.32. The molecule has 0 bridgehead atoms. The third-order valence-electron chi connectivity index (χ3n) is 3.72. The van der Waals surface area contributed by atoms with Crippen LogP contribution < -0.4 is 21.1 Å². The van der Waals surface area contributed by atoms with Gasteiger partial charge in [0.1, 0.15) is 5.75 Å². The fraction of sp³-hybridized carbons (Fsp3) is 0.211. The minimum atomic E-state index is 0.603. The molecule has 2 aromatic carbocycles. The van der Waals surface area contributed by atoms with Crippen molar-refractivity contribution in [3.63, 3.8) is 0 Å². The molecule has 25 heavy (non-hydrogen) atoms. The van der Waals surface area contributed by atoms with Crippen molar-refractivity contribution < 1.29 is 4.74 Å². The van der Waals surface area contributed by atoms with Gasteiger partial charge >= 0.3 is 0 Å². The van der Waals surface area contributed by atoms with Crippen LogP contribution in [-0.2, 0) is 6.54 Å². The zero-order chi connectivity index (χ0) is 18.1. The van der Waals surface area contributed by atoms with Crippen molar-refractivity contribution in [3.8, 4) is 5.75 Å². The second kappa shape index (κ2) is 9.71. The van der Waals surface area contributed by atoms with Crippen molar-refractivity contribution >= 4 is 29.1 Å². The van der Waals surface area contributed by atoms with Crippen LogP contribution in [0.15, 0.2) is 48.7 Å². The van der Waals surface area contributed by atoms with Crippen molar-refractivity contribution in [1.29, 1.82) is 5.41 Å². The van der Waals surface area contributed by atoms with Gasteiger partial charge in [0.2, 0.25) is 0 Å². The molecule has 132 valence electrons. The second-order valence-electron chi connectivity index (χ2n) is 5.42. The van der Waals surface area contributed by atoms with Crippen molar-refractivity contribution in [2.24, 2.45) is 5.73 Å². The summed E-state index contributed by atoms with van der Waals surface area (Å²) in [5.74, 6) is 0.861. The molecule has 0 heterocycles. The van der Waals surface area contributed by atoms with Gasteiger partial charge in [-0.15, -0.1) is 0 Å². The number of allylic oxidation sites excluding steroid dienone is 1. The Balaban J connectivity index is 1.80. The third kappa shape index (κ3) is 5.52. The molecule has 5 nitrogen and oxygen atoms in total. The normalized spacial score (nSPS) is 11.2. The number of nitrogens with two attached hydrogens (primary N) is 1. The SMILES string of the molecule is COc1cccc(CNCCNc2ccc(/C(C=N)=C/N)cc2Cl)c1. The summed E-state index contributed by atoms with van der Waals surface area (Å²) in [4.78, 5) is 0. The molecular formula is C19H23ClN4O. The van der Waals surface area contributed by atoms with E-state index >= 15 is 0 Å². The number of halogens is 1. The quantitative estimate of drug-likeness (QED) is 0.408. The molecule has 0 fully saturated rings. The van der Waals surface area contributed by atoms with Crippen molar-refractivity contribution in [2.75, 3.05) is 25.5 Å². The molecule has 0 radical (unpaired) electrons. The topological polar surface area (TPSA) is 83.2 Å². The summed E-state index contributed by atoms with van der Waals surface area (Å²) in [6, 6.07) is 13.6. The Morgan fingerprint density at radius 1 is 1.24 bits per heavy atom. The van der Waals surface area contributed by atoms with E-state index in [1.807, 2.05) is 30.3 Å². The Bertz CT molecular complexity index is 746. The van der Waals surface area contributed by atoms with Gasteiger partial charge in [0.05, 0.1) is 17.8 Å². The minimum Gasteiger partial charge on any atom is -0.497 e. The molecule has 5 N–H and O–H groups in total. The van der Waals surface area contributed by atoms with Gasteiger partial charge in [0, 0.05) is 37.6 Å². The Morgan fingerprint density at radius 3 is 2.76 bits per heavy atom. The number of hydrogen-bond acceptors (Lipinski definition) is 5. The van der Waals surface area contributed by atoms with Crippen molar-refractivity contribution in [3.05, 3.63) is 64.8 Å². The average Bonchev–Trinajstić information content (AvgIpc) is 2.64. The molecular weight excluding hydrogens is 336 g/mol. The van der Waals surface area contributed by atoms with Crippen LogP contribution in [0.1, 0.15) is 11.1 Å². The molecule has 2 rings (SSSR count). The van der Waals surface area contributed by atoms with E-state index in [-0.39, 0.29) is 0 Å². The predicted molar refractivity (Wildman–Crippen MR) is 106 cm³/mol. The summed E-state index contributed by atoms with van der Waals surface area (Å²) in [5.41, 5.74) is 8.98. The zero-order valence-electron chi connectivity index (χ0n) is 14.2. The molecule has 0 aromatic heterocycles. The van der Waals surface area contributed by atoms with E-state index in [4.69, 9.17) is 27.5 Å². The van der Waals surface area contributed by atoms with Crippen LogP contribution in [0.25, 0.3) is 5.57 Å². The highest BCUT2D eigenvalue weighted by Crippen LogP contribution is 2.25. The lowest BCUT2D eigenvalue weighted by atomic mass is 10.1. The number of nitrogens with one attached hydrogen (secondary N) is 3. The maximum Gasteiger partial charge on any atom is 0.119 e. The smallest absolute Gasteiger partial charge is 0.119 e. The van der Waals surface area contributed by atoms with Gasteiger partial charge in [-0.25, -0.2) is 0 Å². The lowest BCUT2D eigenvalue weighted by molar-refractivity contribution is 0.414. The van der Waals surface area contributed by atoms with Crippen LogP contribution in [0, 0.1) is 5.41 Å². The first-order valence-electron chi connectivity index (χ1n) is 7.97. The van der Waals surface area contributed by atoms with Crippen molar-refractivity contribution in [2.45, 2.75) is 6.54 Å². The Labute approximate surface area is 153 Å². The third-order valence-corrected chi connectivity index (χ3v) is 4.03. The number of methoxy groups -OCH3 is 1. The first-order chi connectivity index (χ1) is 12.2. The van der Waals surface area contributed by atoms with Crippen LogP contribution in [0.3, 0.4) is 0 Å². The van der Waals surface area contributed by atoms with E-state index in [1.54, 1.807) is 13.2 Å². The van der Waals surface area contributed by atoms with Crippen LogP contribution in [0.4, 0.5) is 5.69 Å². The Morgan fingerprint density at radius 2 is 2.08 bits per heavy atom. The zero-order valence-corrected chi connectivity index (χ0v) is 14.9. The summed E-state index contributed by atoms with van der Waals surface area (Å²) in [6.45, 7) is 2.31. The Hall–Kier alpha value is -2.50. The lowest BCUT2D eigenvalue weighted by Crippen LogP contribution is -2.21. The maximum atomic E-state index is 7.33. The van der Waals surface area contributed by atoms with Gasteiger partial charge in [-0.2, -0.15) is 0 Å². The molecule has 0 amide bonds. The maximum absolute atomic E-state index is 7.33. The van der Waals surface area contributed by atoms with Gasteiger partial charge in [0.15, 0.2) is 0 Å². The molecule has 2 aromatic rings. The van der Waals surface area contributed by atoms with E-state index in [2.05, 4.69) is 16.7 Å². The monoisotopic (exact) mass is 358 g/mol. The highest BCUT2D eigenvalue weighted by Gasteiger charge is 2.04. The van der Waals surface area contributed by atoms with Gasteiger partial charge in [-0.3, -0.25) is 0 Å². The van der Waals surface area contributed by atoms with Crippen LogP contribution in [0.2, 0.25) is 5.02 Å². The van der Waals surface area contributed by atoms with E-state index < -0.39 is 0 Å². The molecule has 0 saturated heterocycles. The fourth-order valence-corrected chi connectivity index (χ4v) is 2.61. The van der Waals surface area contributed by atoms with E-state index in [9.17, 15) is 0 Å².